The lowest BCUT2D eigenvalue weighted by molar-refractivity contribution is 0.612. The minimum atomic E-state index is -3.38. The van der Waals surface area contributed by atoms with E-state index < -0.39 is 9.84 Å². The van der Waals surface area contributed by atoms with Gasteiger partial charge in [0.2, 0.25) is 5.04 Å². The molecule has 0 unspecified atom stereocenters. The highest BCUT2D eigenvalue weighted by atomic mass is 32.2. The molecule has 1 heterocycles. The van der Waals surface area contributed by atoms with Gasteiger partial charge >= 0.3 is 0 Å². The summed E-state index contributed by atoms with van der Waals surface area (Å²) in [6.07, 6.45) is 1.00. The van der Waals surface area contributed by atoms with Gasteiger partial charge in [-0.3, -0.25) is 10.8 Å². The van der Waals surface area contributed by atoms with Crippen LogP contribution < -0.4 is 5.43 Å². The molecule has 0 spiro atoms. The van der Waals surface area contributed by atoms with E-state index in [2.05, 4.69) is 17.1 Å². The standard InChI is InChI=1S/C5H7N3O2S/c1-3-4(6)5(8-7-3)11(2,9)10/h6-7H,1H2,2H3. The second-order valence-electron chi connectivity index (χ2n) is 2.15. The van der Waals surface area contributed by atoms with Crippen molar-refractivity contribution < 1.29 is 8.42 Å². The van der Waals surface area contributed by atoms with E-state index in [-0.39, 0.29) is 16.5 Å². The van der Waals surface area contributed by atoms with Gasteiger partial charge in [-0.15, -0.1) is 0 Å². The molecule has 0 saturated heterocycles. The zero-order valence-electron chi connectivity index (χ0n) is 5.88. The molecule has 60 valence electrons. The highest BCUT2D eigenvalue weighted by Gasteiger charge is 2.25. The molecular weight excluding hydrogens is 166 g/mol. The van der Waals surface area contributed by atoms with Gasteiger partial charge in [0.1, 0.15) is 5.71 Å². The van der Waals surface area contributed by atoms with E-state index in [1.807, 2.05) is 0 Å². The zero-order chi connectivity index (χ0) is 8.65. The van der Waals surface area contributed by atoms with Crippen molar-refractivity contribution in [2.75, 3.05) is 6.26 Å². The first-order chi connectivity index (χ1) is 4.93. The Morgan fingerprint density at radius 1 is 1.64 bits per heavy atom. The molecule has 0 bridgehead atoms. The molecule has 1 rings (SSSR count). The maximum absolute atomic E-state index is 10.8. The van der Waals surface area contributed by atoms with E-state index >= 15 is 0 Å². The minimum Gasteiger partial charge on any atom is -0.296 e. The second kappa shape index (κ2) is 2.16. The molecule has 0 saturated carbocycles. The number of sulfone groups is 1. The Hall–Kier alpha value is -1.17. The monoisotopic (exact) mass is 173 g/mol. The maximum Gasteiger partial charge on any atom is 0.202 e. The fraction of sp³-hybridized carbons (Fsp3) is 0.200. The van der Waals surface area contributed by atoms with E-state index in [9.17, 15) is 8.42 Å². The minimum absolute atomic E-state index is 0.160. The van der Waals surface area contributed by atoms with Crippen LogP contribution in [0.15, 0.2) is 17.4 Å². The van der Waals surface area contributed by atoms with Gasteiger partial charge in [-0.2, -0.15) is 5.10 Å². The van der Waals surface area contributed by atoms with E-state index in [4.69, 9.17) is 5.41 Å². The second-order valence-corrected chi connectivity index (χ2v) is 4.09. The number of nitrogens with one attached hydrogen (secondary N) is 2. The Kier molecular flexibility index (Phi) is 1.56. The first kappa shape index (κ1) is 7.93. The predicted octanol–water partition coefficient (Wildman–Crippen LogP) is -0.519. The molecule has 0 aliphatic carbocycles. The van der Waals surface area contributed by atoms with Crippen molar-refractivity contribution >= 4 is 20.6 Å². The fourth-order valence-corrected chi connectivity index (χ4v) is 1.33. The SMILES string of the molecule is C=C1NN=C(S(C)(=O)=O)C1=N. The normalized spacial score (nSPS) is 18.1. The van der Waals surface area contributed by atoms with Crippen molar-refractivity contribution in [2.24, 2.45) is 5.10 Å². The third kappa shape index (κ3) is 1.30. The van der Waals surface area contributed by atoms with Gasteiger partial charge in [-0.25, -0.2) is 8.42 Å². The van der Waals surface area contributed by atoms with Gasteiger partial charge in [-0.1, -0.05) is 6.58 Å². The summed E-state index contributed by atoms with van der Waals surface area (Å²) in [6, 6.07) is 0. The van der Waals surface area contributed by atoms with Crippen LogP contribution in [0.5, 0.6) is 0 Å². The summed E-state index contributed by atoms with van der Waals surface area (Å²) in [5, 5.41) is 10.4. The highest BCUT2D eigenvalue weighted by Crippen LogP contribution is 2.04. The van der Waals surface area contributed by atoms with E-state index in [1.165, 1.54) is 0 Å². The van der Waals surface area contributed by atoms with Gasteiger partial charge in [0.05, 0.1) is 5.70 Å². The summed E-state index contributed by atoms with van der Waals surface area (Å²) in [5.41, 5.74) is 2.37. The number of hydrogen-bond donors (Lipinski definition) is 2. The molecule has 6 heteroatoms. The van der Waals surface area contributed by atoms with Crippen molar-refractivity contribution in [3.8, 4) is 0 Å². The number of allylic oxidation sites excluding steroid dienone is 1. The van der Waals surface area contributed by atoms with Crippen LogP contribution in [0.3, 0.4) is 0 Å². The molecule has 1 aliphatic heterocycles. The van der Waals surface area contributed by atoms with Gasteiger partial charge in [0, 0.05) is 6.26 Å². The molecule has 1 aliphatic rings. The topological polar surface area (TPSA) is 82.4 Å². The average Bonchev–Trinajstić information content (AvgIpc) is 2.11. The molecule has 0 fully saturated rings. The number of hydrazone groups is 1. The number of nitrogens with zero attached hydrogens (tertiary/aromatic N) is 1. The van der Waals surface area contributed by atoms with Crippen LogP contribution in [0, 0.1) is 5.41 Å². The van der Waals surface area contributed by atoms with Crippen molar-refractivity contribution in [2.45, 2.75) is 0 Å². The van der Waals surface area contributed by atoms with Gasteiger partial charge in [-0.05, 0) is 0 Å². The molecular formula is C5H7N3O2S. The fourth-order valence-electron chi connectivity index (χ4n) is 0.627. The Morgan fingerprint density at radius 3 is 2.36 bits per heavy atom. The van der Waals surface area contributed by atoms with Crippen molar-refractivity contribution in [3.63, 3.8) is 0 Å². The Labute approximate surface area is 64.2 Å². The third-order valence-corrected chi connectivity index (χ3v) is 2.16. The summed E-state index contributed by atoms with van der Waals surface area (Å²) in [7, 11) is -3.38. The van der Waals surface area contributed by atoms with Crippen molar-refractivity contribution in [1.29, 1.82) is 5.41 Å². The third-order valence-electron chi connectivity index (χ3n) is 1.16. The van der Waals surface area contributed by atoms with E-state index in [0.717, 1.165) is 6.26 Å². The molecule has 0 aromatic heterocycles. The van der Waals surface area contributed by atoms with Gasteiger partial charge < -0.3 is 0 Å². The largest absolute Gasteiger partial charge is 0.296 e. The van der Waals surface area contributed by atoms with E-state index in [0.29, 0.717) is 0 Å². The van der Waals surface area contributed by atoms with Crippen LogP contribution in [-0.2, 0) is 9.84 Å². The molecule has 5 nitrogen and oxygen atoms in total. The van der Waals surface area contributed by atoms with Crippen LogP contribution >= 0.6 is 0 Å². The smallest absolute Gasteiger partial charge is 0.202 e. The first-order valence-corrected chi connectivity index (χ1v) is 4.64. The molecule has 0 aromatic carbocycles. The molecule has 0 amide bonds. The lowest BCUT2D eigenvalue weighted by Crippen LogP contribution is -2.19. The summed E-state index contributed by atoms with van der Waals surface area (Å²) < 4.78 is 21.7. The molecule has 11 heavy (non-hydrogen) atoms. The van der Waals surface area contributed by atoms with Crippen molar-refractivity contribution in [3.05, 3.63) is 12.3 Å². The maximum atomic E-state index is 10.8. The Morgan fingerprint density at radius 2 is 2.18 bits per heavy atom. The van der Waals surface area contributed by atoms with Crippen LogP contribution in [0.1, 0.15) is 0 Å². The van der Waals surface area contributed by atoms with Crippen LogP contribution in [0.2, 0.25) is 0 Å². The lowest BCUT2D eigenvalue weighted by atomic mass is 10.3. The summed E-state index contributed by atoms with van der Waals surface area (Å²) >= 11 is 0. The quantitative estimate of drug-likeness (QED) is 0.517. The molecule has 0 aromatic rings. The summed E-state index contributed by atoms with van der Waals surface area (Å²) in [6.45, 7) is 3.38. The Balaban J connectivity index is 3.13. The van der Waals surface area contributed by atoms with Crippen LogP contribution in [-0.4, -0.2) is 25.4 Å². The Bertz CT molecular complexity index is 352. The molecule has 0 atom stereocenters. The summed E-state index contributed by atoms with van der Waals surface area (Å²) in [5.74, 6) is 0. The van der Waals surface area contributed by atoms with Crippen LogP contribution in [0.25, 0.3) is 0 Å². The number of hydrogen-bond acceptors (Lipinski definition) is 5. The summed E-state index contributed by atoms with van der Waals surface area (Å²) in [4.78, 5) is 0. The van der Waals surface area contributed by atoms with Gasteiger partial charge in [0.15, 0.2) is 9.84 Å². The highest BCUT2D eigenvalue weighted by molar-refractivity contribution is 8.07. The molecule has 0 radical (unpaired) electrons. The van der Waals surface area contributed by atoms with Crippen LogP contribution in [0.4, 0.5) is 0 Å². The predicted molar refractivity (Wildman–Crippen MR) is 42.3 cm³/mol. The first-order valence-electron chi connectivity index (χ1n) is 2.75. The van der Waals surface area contributed by atoms with E-state index in [1.54, 1.807) is 0 Å². The lowest BCUT2D eigenvalue weighted by Gasteiger charge is -1.93. The zero-order valence-corrected chi connectivity index (χ0v) is 6.70. The van der Waals surface area contributed by atoms with Gasteiger partial charge in [0.25, 0.3) is 0 Å². The average molecular weight is 173 g/mol. The van der Waals surface area contributed by atoms with Crippen molar-refractivity contribution in [1.82, 2.24) is 5.43 Å². The molecule has 2 N–H and O–H groups in total. The number of rotatable bonds is 0.